The molecule has 0 spiro atoms. The van der Waals surface area contributed by atoms with Crippen molar-refractivity contribution in [3.63, 3.8) is 0 Å². The highest BCUT2D eigenvalue weighted by molar-refractivity contribution is 5.94. The maximum Gasteiger partial charge on any atom is 0.251 e. The van der Waals surface area contributed by atoms with Crippen LogP contribution in [0.5, 0.6) is 0 Å². The highest BCUT2D eigenvalue weighted by atomic mass is 16.1. The molecule has 1 aromatic heterocycles. The third-order valence-corrected chi connectivity index (χ3v) is 4.93. The number of anilines is 2. The lowest BCUT2D eigenvalue weighted by Crippen LogP contribution is -2.24. The van der Waals surface area contributed by atoms with Gasteiger partial charge in [-0.1, -0.05) is 60.7 Å². The standard InChI is InChI=1S/C26H24N4O/c31-26(27-17-7-10-20-8-3-1-4-9-20)22-13-15-23(16-14-22)30-25-18-24(28-19-29-25)21-11-5-2-6-12-21/h1-6,8-9,11-16,18-19H,7,10,17H2,(H,27,31)(H,28,29,30). The van der Waals surface area contributed by atoms with Crippen molar-refractivity contribution in [2.75, 3.05) is 11.9 Å². The van der Waals surface area contributed by atoms with Crippen LogP contribution in [0, 0.1) is 0 Å². The molecule has 3 aromatic carbocycles. The number of nitrogens with zero attached hydrogens (tertiary/aromatic N) is 2. The van der Waals surface area contributed by atoms with Gasteiger partial charge in [-0.05, 0) is 42.7 Å². The van der Waals surface area contributed by atoms with Crippen molar-refractivity contribution in [1.82, 2.24) is 15.3 Å². The minimum atomic E-state index is -0.0620. The van der Waals surface area contributed by atoms with Crippen LogP contribution in [-0.2, 0) is 6.42 Å². The summed E-state index contributed by atoms with van der Waals surface area (Å²) in [4.78, 5) is 21.0. The monoisotopic (exact) mass is 408 g/mol. The first-order valence-electron chi connectivity index (χ1n) is 10.3. The Bertz CT molecular complexity index is 1110. The van der Waals surface area contributed by atoms with Crippen LogP contribution in [0.4, 0.5) is 11.5 Å². The predicted molar refractivity (Wildman–Crippen MR) is 124 cm³/mol. The number of carbonyl (C=O) groups is 1. The lowest BCUT2D eigenvalue weighted by atomic mass is 10.1. The molecule has 0 aliphatic rings. The van der Waals surface area contributed by atoms with Crippen molar-refractivity contribution in [1.29, 1.82) is 0 Å². The molecule has 0 fully saturated rings. The number of aromatic nitrogens is 2. The summed E-state index contributed by atoms with van der Waals surface area (Å²) in [5.41, 5.74) is 4.67. The predicted octanol–water partition coefficient (Wildman–Crippen LogP) is 5.25. The van der Waals surface area contributed by atoms with Gasteiger partial charge in [0.25, 0.3) is 5.91 Å². The van der Waals surface area contributed by atoms with Crippen LogP contribution in [0.3, 0.4) is 0 Å². The van der Waals surface area contributed by atoms with Gasteiger partial charge in [-0.15, -0.1) is 0 Å². The Hall–Kier alpha value is -3.99. The van der Waals surface area contributed by atoms with Crippen LogP contribution in [-0.4, -0.2) is 22.4 Å². The van der Waals surface area contributed by atoms with Crippen molar-refractivity contribution >= 4 is 17.4 Å². The van der Waals surface area contributed by atoms with Crippen LogP contribution >= 0.6 is 0 Å². The summed E-state index contributed by atoms with van der Waals surface area (Å²) >= 11 is 0. The van der Waals surface area contributed by atoms with Crippen molar-refractivity contribution < 1.29 is 4.79 Å². The normalized spacial score (nSPS) is 10.5. The molecule has 0 saturated heterocycles. The SMILES string of the molecule is O=C(NCCCc1ccccc1)c1ccc(Nc2cc(-c3ccccc3)ncn2)cc1. The summed E-state index contributed by atoms with van der Waals surface area (Å²) in [5, 5.41) is 6.25. The van der Waals surface area contributed by atoms with Gasteiger partial charge >= 0.3 is 0 Å². The lowest BCUT2D eigenvalue weighted by Gasteiger charge is -2.09. The maximum atomic E-state index is 12.4. The number of aryl methyl sites for hydroxylation is 1. The molecule has 31 heavy (non-hydrogen) atoms. The first kappa shape index (κ1) is 20.3. The Labute approximate surface area is 182 Å². The summed E-state index contributed by atoms with van der Waals surface area (Å²) < 4.78 is 0. The molecule has 0 saturated carbocycles. The summed E-state index contributed by atoms with van der Waals surface area (Å²) in [6.07, 6.45) is 3.41. The minimum Gasteiger partial charge on any atom is -0.352 e. The second-order valence-corrected chi connectivity index (χ2v) is 7.20. The molecule has 0 aliphatic carbocycles. The summed E-state index contributed by atoms with van der Waals surface area (Å²) in [6.45, 7) is 0.650. The average molecular weight is 409 g/mol. The molecule has 5 heteroatoms. The van der Waals surface area contributed by atoms with Gasteiger partial charge in [0, 0.05) is 29.4 Å². The van der Waals surface area contributed by atoms with Crippen molar-refractivity contribution in [2.24, 2.45) is 0 Å². The number of benzene rings is 3. The topological polar surface area (TPSA) is 66.9 Å². The van der Waals surface area contributed by atoms with Gasteiger partial charge in [0.1, 0.15) is 12.1 Å². The number of rotatable bonds is 8. The molecule has 0 bridgehead atoms. The summed E-state index contributed by atoms with van der Waals surface area (Å²) in [5.74, 6) is 0.639. The van der Waals surface area contributed by atoms with Gasteiger partial charge in [0.05, 0.1) is 5.69 Å². The van der Waals surface area contributed by atoms with Gasteiger partial charge in [-0.25, -0.2) is 9.97 Å². The van der Waals surface area contributed by atoms with Crippen LogP contribution in [0.15, 0.2) is 97.3 Å². The van der Waals surface area contributed by atoms with E-state index in [0.29, 0.717) is 17.9 Å². The molecule has 4 rings (SSSR count). The fourth-order valence-corrected chi connectivity index (χ4v) is 3.29. The van der Waals surface area contributed by atoms with E-state index >= 15 is 0 Å². The Kier molecular flexibility index (Phi) is 6.65. The van der Waals surface area contributed by atoms with E-state index in [9.17, 15) is 4.79 Å². The zero-order chi connectivity index (χ0) is 21.3. The Balaban J connectivity index is 1.30. The Morgan fingerprint density at radius 2 is 1.52 bits per heavy atom. The number of hydrogen-bond acceptors (Lipinski definition) is 4. The summed E-state index contributed by atoms with van der Waals surface area (Å²) in [7, 11) is 0. The van der Waals surface area contributed by atoms with Crippen LogP contribution in [0.1, 0.15) is 22.3 Å². The van der Waals surface area contributed by atoms with Gasteiger partial charge in [-0.3, -0.25) is 4.79 Å². The molecular weight excluding hydrogens is 384 g/mol. The van der Waals surface area contributed by atoms with Gasteiger partial charge in [0.2, 0.25) is 0 Å². The molecule has 0 unspecified atom stereocenters. The van der Waals surface area contributed by atoms with E-state index in [2.05, 4.69) is 32.7 Å². The lowest BCUT2D eigenvalue weighted by molar-refractivity contribution is 0.0953. The van der Waals surface area contributed by atoms with E-state index in [-0.39, 0.29) is 5.91 Å². The maximum absolute atomic E-state index is 12.4. The zero-order valence-electron chi connectivity index (χ0n) is 17.2. The molecule has 2 N–H and O–H groups in total. The highest BCUT2D eigenvalue weighted by Gasteiger charge is 2.06. The summed E-state index contributed by atoms with van der Waals surface area (Å²) in [6, 6.07) is 29.5. The quantitative estimate of drug-likeness (QED) is 0.391. The molecule has 154 valence electrons. The van der Waals surface area contributed by atoms with E-state index in [1.54, 1.807) is 6.33 Å². The number of carbonyl (C=O) groups excluding carboxylic acids is 1. The number of hydrogen-bond donors (Lipinski definition) is 2. The van der Waals surface area contributed by atoms with Crippen LogP contribution in [0.2, 0.25) is 0 Å². The Morgan fingerprint density at radius 1 is 0.806 bits per heavy atom. The molecule has 1 heterocycles. The largest absolute Gasteiger partial charge is 0.352 e. The molecule has 0 radical (unpaired) electrons. The van der Waals surface area contributed by atoms with Gasteiger partial charge in [0.15, 0.2) is 0 Å². The molecule has 0 aliphatic heterocycles. The molecule has 1 amide bonds. The number of nitrogens with one attached hydrogen (secondary N) is 2. The van der Waals surface area contributed by atoms with E-state index < -0.39 is 0 Å². The van der Waals surface area contributed by atoms with Crippen LogP contribution in [0.25, 0.3) is 11.3 Å². The fourth-order valence-electron chi connectivity index (χ4n) is 3.29. The number of amides is 1. The van der Waals surface area contributed by atoms with Gasteiger partial charge in [-0.2, -0.15) is 0 Å². The fraction of sp³-hybridized carbons (Fsp3) is 0.115. The zero-order valence-corrected chi connectivity index (χ0v) is 17.2. The van der Waals surface area contributed by atoms with Gasteiger partial charge < -0.3 is 10.6 Å². The molecule has 4 aromatic rings. The highest BCUT2D eigenvalue weighted by Crippen LogP contribution is 2.21. The van der Waals surface area contributed by atoms with E-state index in [1.807, 2.05) is 78.9 Å². The second-order valence-electron chi connectivity index (χ2n) is 7.20. The molecular formula is C26H24N4O. The molecule has 5 nitrogen and oxygen atoms in total. The van der Waals surface area contributed by atoms with Crippen LogP contribution < -0.4 is 10.6 Å². The first-order chi connectivity index (χ1) is 15.3. The first-order valence-corrected chi connectivity index (χ1v) is 10.3. The van der Waals surface area contributed by atoms with E-state index in [1.165, 1.54) is 5.56 Å². The van der Waals surface area contributed by atoms with Crippen molar-refractivity contribution in [2.45, 2.75) is 12.8 Å². The van der Waals surface area contributed by atoms with Crippen molar-refractivity contribution in [3.05, 3.63) is 108 Å². The second kappa shape index (κ2) is 10.2. The Morgan fingerprint density at radius 3 is 2.26 bits per heavy atom. The van der Waals surface area contributed by atoms with Crippen molar-refractivity contribution in [3.8, 4) is 11.3 Å². The third kappa shape index (κ3) is 5.76. The minimum absolute atomic E-state index is 0.0620. The van der Waals surface area contributed by atoms with E-state index in [0.717, 1.165) is 29.8 Å². The smallest absolute Gasteiger partial charge is 0.251 e. The van der Waals surface area contributed by atoms with E-state index in [4.69, 9.17) is 0 Å². The average Bonchev–Trinajstić information content (AvgIpc) is 2.84. The third-order valence-electron chi connectivity index (χ3n) is 4.93. The molecule has 0 atom stereocenters.